The molecule has 1 aliphatic heterocycles. The maximum absolute atomic E-state index is 12.9. The van der Waals surface area contributed by atoms with Crippen LogP contribution in [0, 0.1) is 6.92 Å². The van der Waals surface area contributed by atoms with Crippen LogP contribution in [0.3, 0.4) is 0 Å². The number of piperidine rings is 1. The van der Waals surface area contributed by atoms with Crippen LogP contribution in [-0.2, 0) is 11.0 Å². The van der Waals surface area contributed by atoms with Crippen LogP contribution in [0.2, 0.25) is 0 Å². The molecule has 0 bridgehead atoms. The first-order valence-electron chi connectivity index (χ1n) is 9.28. The van der Waals surface area contributed by atoms with Gasteiger partial charge in [-0.15, -0.1) is 11.3 Å². The quantitative estimate of drug-likeness (QED) is 0.776. The van der Waals surface area contributed by atoms with E-state index in [1.54, 1.807) is 36.0 Å². The number of hydrogen-bond donors (Lipinski definition) is 1. The van der Waals surface area contributed by atoms with E-state index in [1.807, 2.05) is 0 Å². The molecule has 0 spiro atoms. The van der Waals surface area contributed by atoms with Gasteiger partial charge in [0.1, 0.15) is 18.8 Å². The van der Waals surface area contributed by atoms with E-state index in [-0.39, 0.29) is 29.6 Å². The zero-order valence-electron chi connectivity index (χ0n) is 16.8. The molecule has 7 nitrogen and oxygen atoms in total. The highest BCUT2D eigenvalue weighted by Gasteiger charge is 2.39. The van der Waals surface area contributed by atoms with Crippen LogP contribution in [-0.4, -0.2) is 66.2 Å². The minimum absolute atomic E-state index is 0.0771. The first-order valence-corrected chi connectivity index (χ1v) is 10.1. The number of thiophene rings is 1. The number of carbonyl (C=O) groups excluding carboxylic acids is 2. The average Bonchev–Trinajstić information content (AvgIpc) is 3.26. The molecule has 1 N–H and O–H groups in total. The van der Waals surface area contributed by atoms with E-state index in [9.17, 15) is 22.8 Å². The number of nitrogens with one attached hydrogen (secondary N) is 1. The Hall–Kier alpha value is -2.53. The molecule has 2 amide bonds. The van der Waals surface area contributed by atoms with Gasteiger partial charge >= 0.3 is 12.1 Å². The lowest BCUT2D eigenvalue weighted by molar-refractivity contribution is -0.380. The van der Waals surface area contributed by atoms with Gasteiger partial charge in [0.15, 0.2) is 5.71 Å². The maximum atomic E-state index is 12.9. The summed E-state index contributed by atoms with van der Waals surface area (Å²) in [6, 6.07) is 3.14. The summed E-state index contributed by atoms with van der Waals surface area (Å²) < 4.78 is 43.2. The molecule has 3 rings (SSSR count). The fraction of sp³-hybridized carbons (Fsp3) is 0.474. The van der Waals surface area contributed by atoms with E-state index in [0.717, 1.165) is 23.5 Å². The van der Waals surface area contributed by atoms with Gasteiger partial charge in [0.05, 0.1) is 9.75 Å². The van der Waals surface area contributed by atoms with Gasteiger partial charge in [-0.1, -0.05) is 5.16 Å². The van der Waals surface area contributed by atoms with E-state index in [4.69, 9.17) is 0 Å². The number of halogens is 3. The average molecular weight is 443 g/mol. The van der Waals surface area contributed by atoms with Crippen molar-refractivity contribution in [2.24, 2.45) is 0 Å². The Morgan fingerprint density at radius 3 is 2.70 bits per heavy atom. The molecule has 1 aliphatic rings. The summed E-state index contributed by atoms with van der Waals surface area (Å²) in [5.74, 6) is -1.50. The molecule has 0 unspecified atom stereocenters. The van der Waals surface area contributed by atoms with Gasteiger partial charge in [0.2, 0.25) is 5.76 Å². The van der Waals surface area contributed by atoms with Crippen LogP contribution in [0.4, 0.5) is 13.2 Å². The lowest BCUT2D eigenvalue weighted by Gasteiger charge is -2.25. The molecule has 2 aromatic rings. The minimum atomic E-state index is -4.62. The summed E-state index contributed by atoms with van der Waals surface area (Å²) >= 11 is 1.07. The maximum Gasteiger partial charge on any atom is 0.452 e. The highest BCUT2D eigenvalue weighted by Crippen LogP contribution is 2.38. The zero-order valence-corrected chi connectivity index (χ0v) is 17.6. The van der Waals surface area contributed by atoms with Crippen LogP contribution in [0.25, 0.3) is 10.6 Å². The number of aromatic nitrogens is 1. The van der Waals surface area contributed by atoms with Crippen molar-refractivity contribution in [1.82, 2.24) is 15.0 Å². The fourth-order valence-electron chi connectivity index (χ4n) is 3.24. The highest BCUT2D eigenvalue weighted by molar-refractivity contribution is 7.17. The summed E-state index contributed by atoms with van der Waals surface area (Å²) in [6.45, 7) is 2.40. The standard InChI is InChI=1S/C19H21F3N4O3S/c1-11-16(24-29-17(11)19(20,21)22)13-6-7-14(30-13)18(28)26-8-4-5-12(9-26)23-15(27)10-25(2)3/h6-7H,4-5,8-10H2,1-3H3/p+1. The van der Waals surface area contributed by atoms with Gasteiger partial charge in [-0.05, 0) is 39.6 Å². The predicted molar refractivity (Wildman–Crippen MR) is 104 cm³/mol. The molecule has 30 heavy (non-hydrogen) atoms. The molecular formula is C19H22F3N4O3S+. The fourth-order valence-corrected chi connectivity index (χ4v) is 4.25. The predicted octanol–water partition coefficient (Wildman–Crippen LogP) is 1.58. The summed E-state index contributed by atoms with van der Waals surface area (Å²) in [5.41, 5.74) is 0.745. The van der Waals surface area contributed by atoms with Crippen molar-refractivity contribution in [2.45, 2.75) is 25.9 Å². The Morgan fingerprint density at radius 2 is 2.07 bits per heavy atom. The summed E-state index contributed by atoms with van der Waals surface area (Å²) in [7, 11) is 3.59. The van der Waals surface area contributed by atoms with Crippen LogP contribution in [0.15, 0.2) is 16.7 Å². The molecule has 1 saturated heterocycles. The zero-order chi connectivity index (χ0) is 22.1. The van der Waals surface area contributed by atoms with Crippen molar-refractivity contribution in [2.75, 3.05) is 33.7 Å². The first kappa shape index (κ1) is 22.2. The molecular weight excluding hydrogens is 421 g/mol. The van der Waals surface area contributed by atoms with Crippen molar-refractivity contribution in [1.29, 1.82) is 0 Å². The number of carbonyl (C=O) groups is 2. The topological polar surface area (TPSA) is 80.6 Å². The van der Waals surface area contributed by atoms with Gasteiger partial charge in [0.25, 0.3) is 5.91 Å². The van der Waals surface area contributed by atoms with Crippen molar-refractivity contribution in [3.63, 3.8) is 0 Å². The smallest absolute Gasteiger partial charge is 0.351 e. The summed E-state index contributed by atoms with van der Waals surface area (Å²) in [5, 5.41) is 3.54. The molecule has 0 atom stereocenters. The van der Waals surface area contributed by atoms with Crippen LogP contribution in [0.5, 0.6) is 0 Å². The molecule has 0 radical (unpaired) electrons. The summed E-state index contributed by atoms with van der Waals surface area (Å²) in [6.07, 6.45) is -3.20. The molecule has 0 saturated carbocycles. The Morgan fingerprint density at radius 1 is 1.33 bits per heavy atom. The lowest BCUT2D eigenvalue weighted by atomic mass is 10.1. The second-order valence-electron chi connectivity index (χ2n) is 7.37. The molecule has 162 valence electrons. The monoisotopic (exact) mass is 443 g/mol. The number of hydrogen-bond acceptors (Lipinski definition) is 6. The third-order valence-corrected chi connectivity index (χ3v) is 5.66. The second kappa shape index (κ2) is 8.68. The van der Waals surface area contributed by atoms with Gasteiger partial charge < -0.3 is 9.42 Å². The number of likely N-dealkylation sites (tertiary alicyclic amines) is 1. The Labute approximate surface area is 175 Å². The molecule has 1 fully saturated rings. The van der Waals surface area contributed by atoms with Crippen molar-refractivity contribution in [3.8, 4) is 10.6 Å². The van der Waals surface area contributed by atoms with E-state index in [1.165, 1.54) is 6.92 Å². The van der Waals surface area contributed by atoms with Crippen molar-refractivity contribution < 1.29 is 32.3 Å². The molecule has 0 aromatic carbocycles. The van der Waals surface area contributed by atoms with Crippen molar-refractivity contribution in [3.05, 3.63) is 28.3 Å². The first-order chi connectivity index (χ1) is 14.1. The Kier molecular flexibility index (Phi) is 6.41. The molecule has 2 aromatic heterocycles. The minimum Gasteiger partial charge on any atom is -0.351 e. The molecule has 3 heterocycles. The van der Waals surface area contributed by atoms with Crippen molar-refractivity contribution >= 4 is 28.9 Å². The van der Waals surface area contributed by atoms with E-state index in [0.29, 0.717) is 29.3 Å². The van der Waals surface area contributed by atoms with Gasteiger partial charge in [-0.25, -0.2) is 4.79 Å². The van der Waals surface area contributed by atoms with Crippen LogP contribution in [0.1, 0.15) is 33.8 Å². The third kappa shape index (κ3) is 4.96. The SMILES string of the molecule is Cc1c(-c2ccc(C(=O)N3CCCC(=[NH+]C(=O)CN(C)C)C3)s2)noc1C(F)(F)F. The summed E-state index contributed by atoms with van der Waals surface area (Å²) in [4.78, 5) is 31.9. The number of likely N-dealkylation sites (N-methyl/N-ethyl adjacent to an activating group) is 1. The molecule has 11 heteroatoms. The number of nitrogens with zero attached hydrogens (tertiary/aromatic N) is 3. The Balaban J connectivity index is 1.74. The van der Waals surface area contributed by atoms with Gasteiger partial charge in [-0.2, -0.15) is 18.2 Å². The van der Waals surface area contributed by atoms with E-state index >= 15 is 0 Å². The third-order valence-electron chi connectivity index (χ3n) is 4.58. The highest BCUT2D eigenvalue weighted by atomic mass is 32.1. The Bertz CT molecular complexity index is 978. The van der Waals surface area contributed by atoms with Crippen LogP contribution >= 0.6 is 11.3 Å². The largest absolute Gasteiger partial charge is 0.452 e. The number of alkyl halides is 3. The number of rotatable bonds is 4. The number of amides is 2. The van der Waals surface area contributed by atoms with E-state index < -0.39 is 11.9 Å². The van der Waals surface area contributed by atoms with Gasteiger partial charge in [0, 0.05) is 18.5 Å². The lowest BCUT2D eigenvalue weighted by Crippen LogP contribution is -2.81. The second-order valence-corrected chi connectivity index (χ2v) is 8.45. The van der Waals surface area contributed by atoms with Gasteiger partial charge in [-0.3, -0.25) is 9.69 Å². The van der Waals surface area contributed by atoms with Crippen LogP contribution < -0.4 is 4.99 Å². The normalized spacial score (nSPS) is 16.5. The van der Waals surface area contributed by atoms with E-state index in [2.05, 4.69) is 14.7 Å². The molecule has 0 aliphatic carbocycles.